The molecule has 4 rings (SSSR count). The van der Waals surface area contributed by atoms with Crippen LogP contribution in [0.1, 0.15) is 43.6 Å². The molecule has 6 heteroatoms. The number of nitriles is 2. The van der Waals surface area contributed by atoms with Crippen LogP contribution in [0.25, 0.3) is 11.3 Å². The molecule has 1 amide bonds. The van der Waals surface area contributed by atoms with Crippen molar-refractivity contribution in [1.82, 2.24) is 9.13 Å². The Bertz CT molecular complexity index is 1170. The lowest BCUT2D eigenvalue weighted by Crippen LogP contribution is -2.32. The van der Waals surface area contributed by atoms with Crippen LogP contribution in [0.5, 0.6) is 0 Å². The monoisotopic (exact) mass is 399 g/mol. The number of nitrogens with one attached hydrogen (secondary N) is 1. The van der Waals surface area contributed by atoms with Crippen LogP contribution in [0.3, 0.4) is 0 Å². The molecule has 0 saturated heterocycles. The highest BCUT2D eigenvalue weighted by Crippen LogP contribution is 2.44. The number of amides is 1. The van der Waals surface area contributed by atoms with Crippen LogP contribution >= 0.6 is 0 Å². The smallest absolute Gasteiger partial charge is 0.235 e. The fourth-order valence-electron chi connectivity index (χ4n) is 4.02. The molecule has 6 nitrogen and oxygen atoms in total. The molecule has 2 aromatic heterocycles. The van der Waals surface area contributed by atoms with Gasteiger partial charge in [0.1, 0.15) is 23.5 Å². The van der Waals surface area contributed by atoms with Crippen molar-refractivity contribution in [2.24, 2.45) is 14.1 Å². The van der Waals surface area contributed by atoms with E-state index in [2.05, 4.69) is 31.3 Å². The Morgan fingerprint density at radius 1 is 1.00 bits per heavy atom. The summed E-state index contributed by atoms with van der Waals surface area (Å²) in [5.41, 5.74) is 4.89. The van der Waals surface area contributed by atoms with Crippen LogP contribution in [0.15, 0.2) is 48.7 Å². The molecule has 0 spiro atoms. The van der Waals surface area contributed by atoms with E-state index in [-0.39, 0.29) is 5.91 Å². The highest BCUT2D eigenvalue weighted by atomic mass is 16.2. The second-order valence-corrected chi connectivity index (χ2v) is 7.39. The summed E-state index contributed by atoms with van der Waals surface area (Å²) < 4.78 is 3.66. The Morgan fingerprint density at radius 3 is 2.20 bits per heavy atom. The van der Waals surface area contributed by atoms with Gasteiger partial charge in [-0.2, -0.15) is 10.5 Å². The van der Waals surface area contributed by atoms with Gasteiger partial charge in [-0.3, -0.25) is 4.79 Å². The number of anilines is 1. The van der Waals surface area contributed by atoms with Crippen molar-refractivity contribution in [2.75, 3.05) is 5.32 Å². The van der Waals surface area contributed by atoms with Crippen molar-refractivity contribution >= 4 is 11.6 Å². The topological polar surface area (TPSA) is 86.5 Å². The number of fused-ring (bicyclic) bond motifs is 1. The van der Waals surface area contributed by atoms with Crippen molar-refractivity contribution in [3.8, 4) is 23.4 Å². The van der Waals surface area contributed by atoms with Crippen LogP contribution < -0.4 is 5.32 Å². The highest BCUT2D eigenvalue weighted by molar-refractivity contribution is 6.06. The first-order chi connectivity index (χ1) is 14.4. The molecular formula is C24H25N5O. The molecule has 3 aromatic rings. The van der Waals surface area contributed by atoms with Crippen molar-refractivity contribution in [1.29, 1.82) is 10.5 Å². The van der Waals surface area contributed by atoms with E-state index in [0.29, 0.717) is 11.4 Å². The summed E-state index contributed by atoms with van der Waals surface area (Å²) >= 11 is 0. The number of carbonyl (C=O) groups excluding carboxylic acids is 1. The van der Waals surface area contributed by atoms with E-state index in [1.54, 1.807) is 10.6 Å². The predicted octanol–water partition coefficient (Wildman–Crippen LogP) is 4.47. The van der Waals surface area contributed by atoms with E-state index in [4.69, 9.17) is 10.5 Å². The molecule has 0 atom stereocenters. The predicted molar refractivity (Wildman–Crippen MR) is 117 cm³/mol. The van der Waals surface area contributed by atoms with Crippen LogP contribution in [-0.2, 0) is 24.3 Å². The van der Waals surface area contributed by atoms with Gasteiger partial charge in [0.15, 0.2) is 0 Å². The number of aryl methyl sites for hydroxylation is 1. The van der Waals surface area contributed by atoms with Gasteiger partial charge in [-0.15, -0.1) is 0 Å². The largest absolute Gasteiger partial charge is 0.343 e. The summed E-state index contributed by atoms with van der Waals surface area (Å²) in [5, 5.41) is 20.4. The average molecular weight is 399 g/mol. The van der Waals surface area contributed by atoms with E-state index in [1.807, 2.05) is 61.3 Å². The number of nitrogens with zero attached hydrogens (tertiary/aromatic N) is 4. The van der Waals surface area contributed by atoms with Crippen molar-refractivity contribution in [3.63, 3.8) is 0 Å². The van der Waals surface area contributed by atoms with E-state index < -0.39 is 5.41 Å². The first-order valence-corrected chi connectivity index (χ1v) is 9.95. The Morgan fingerprint density at radius 2 is 1.70 bits per heavy atom. The Labute approximate surface area is 177 Å². The van der Waals surface area contributed by atoms with Gasteiger partial charge in [0.25, 0.3) is 0 Å². The zero-order chi connectivity index (χ0) is 21.9. The molecule has 1 N–H and O–H groups in total. The molecule has 152 valence electrons. The molecule has 0 saturated carbocycles. The Balaban J connectivity index is 0.000000269. The van der Waals surface area contributed by atoms with Crippen LogP contribution in [-0.4, -0.2) is 15.0 Å². The molecule has 3 heterocycles. The maximum Gasteiger partial charge on any atom is 0.235 e. The fraction of sp³-hybridized carbons (Fsp3) is 0.292. The van der Waals surface area contributed by atoms with Crippen molar-refractivity contribution < 1.29 is 4.79 Å². The molecule has 0 bridgehead atoms. The maximum atomic E-state index is 12.4. The van der Waals surface area contributed by atoms with E-state index >= 15 is 0 Å². The molecule has 1 aromatic carbocycles. The lowest BCUT2D eigenvalue weighted by molar-refractivity contribution is -0.121. The van der Waals surface area contributed by atoms with E-state index in [9.17, 15) is 4.79 Å². The van der Waals surface area contributed by atoms with Crippen molar-refractivity contribution in [2.45, 2.75) is 32.1 Å². The number of benzene rings is 1. The number of hydrogen-bond donors (Lipinski definition) is 1. The highest BCUT2D eigenvalue weighted by Gasteiger charge is 2.43. The summed E-state index contributed by atoms with van der Waals surface area (Å²) in [6, 6.07) is 17.7. The Hall–Kier alpha value is -3.77. The summed E-state index contributed by atoms with van der Waals surface area (Å²) in [7, 11) is 3.73. The minimum absolute atomic E-state index is 0.0919. The lowest BCUT2D eigenvalue weighted by Gasteiger charge is -2.24. The zero-order valence-electron chi connectivity index (χ0n) is 17.7. The van der Waals surface area contributed by atoms with Gasteiger partial charge in [-0.05, 0) is 60.4 Å². The fourth-order valence-corrected chi connectivity index (χ4v) is 4.02. The Kier molecular flexibility index (Phi) is 5.80. The molecule has 0 radical (unpaired) electrons. The molecular weight excluding hydrogens is 374 g/mol. The third-order valence-corrected chi connectivity index (χ3v) is 6.02. The third kappa shape index (κ3) is 3.38. The van der Waals surface area contributed by atoms with E-state index in [0.717, 1.165) is 35.3 Å². The van der Waals surface area contributed by atoms with Crippen LogP contribution in [0, 0.1) is 22.7 Å². The van der Waals surface area contributed by atoms with Gasteiger partial charge in [0, 0.05) is 31.7 Å². The van der Waals surface area contributed by atoms with Crippen LogP contribution in [0.4, 0.5) is 5.69 Å². The van der Waals surface area contributed by atoms with Gasteiger partial charge in [0.2, 0.25) is 5.91 Å². The SMILES string of the molecule is CCC1(CC)C(=O)Nc2ccc(-c3ccc(C#N)n3C)cc21.Cn1cccc1C#N. The second-order valence-electron chi connectivity index (χ2n) is 7.39. The number of aromatic nitrogens is 2. The van der Waals surface area contributed by atoms with Crippen molar-refractivity contribution in [3.05, 3.63) is 65.6 Å². The minimum atomic E-state index is -0.436. The number of hydrogen-bond acceptors (Lipinski definition) is 3. The molecule has 0 unspecified atom stereocenters. The molecule has 1 aliphatic heterocycles. The molecule has 0 aliphatic carbocycles. The number of rotatable bonds is 3. The standard InChI is InChI=1S/C18H19N3O.C6H6N2/c1-4-18(5-2)14-10-12(6-8-15(14)20-17(18)22)16-9-7-13(11-19)21(16)3;1-8-4-2-3-6(8)5-7/h6-10H,4-5H2,1-3H3,(H,20,22);2-4H,1H3. The van der Waals surface area contributed by atoms with Gasteiger partial charge in [-0.1, -0.05) is 19.9 Å². The first kappa shape index (κ1) is 21.0. The maximum absolute atomic E-state index is 12.4. The average Bonchev–Trinajstić information content (AvgIpc) is 3.42. The third-order valence-electron chi connectivity index (χ3n) is 6.02. The summed E-state index contributed by atoms with van der Waals surface area (Å²) in [6.45, 7) is 4.11. The summed E-state index contributed by atoms with van der Waals surface area (Å²) in [4.78, 5) is 12.4. The van der Waals surface area contributed by atoms with Gasteiger partial charge in [0.05, 0.1) is 5.41 Å². The second kappa shape index (κ2) is 8.31. The quantitative estimate of drug-likeness (QED) is 0.705. The normalized spacial score (nSPS) is 13.5. The summed E-state index contributed by atoms with van der Waals surface area (Å²) in [6.07, 6.45) is 3.41. The summed E-state index contributed by atoms with van der Waals surface area (Å²) in [5.74, 6) is 0.0919. The number of carbonyl (C=O) groups is 1. The van der Waals surface area contributed by atoms with E-state index in [1.165, 1.54) is 0 Å². The van der Waals surface area contributed by atoms with Gasteiger partial charge < -0.3 is 14.5 Å². The minimum Gasteiger partial charge on any atom is -0.343 e. The molecule has 30 heavy (non-hydrogen) atoms. The van der Waals surface area contributed by atoms with Gasteiger partial charge >= 0.3 is 0 Å². The molecule has 0 fully saturated rings. The lowest BCUT2D eigenvalue weighted by atomic mass is 9.76. The molecule has 1 aliphatic rings. The first-order valence-electron chi connectivity index (χ1n) is 9.95. The zero-order valence-corrected chi connectivity index (χ0v) is 17.7. The van der Waals surface area contributed by atoms with Crippen LogP contribution in [0.2, 0.25) is 0 Å². The van der Waals surface area contributed by atoms with Gasteiger partial charge in [-0.25, -0.2) is 0 Å².